The van der Waals surface area contributed by atoms with Gasteiger partial charge in [0, 0.05) is 28.0 Å². The Morgan fingerprint density at radius 2 is 1.96 bits per heavy atom. The molecule has 9 heteroatoms. The molecule has 0 aliphatic heterocycles. The minimum atomic E-state index is -0.498. The van der Waals surface area contributed by atoms with E-state index in [-0.39, 0.29) is 18.2 Å². The zero-order valence-electron chi connectivity index (χ0n) is 12.2. The van der Waals surface area contributed by atoms with E-state index in [9.17, 15) is 14.7 Å². The van der Waals surface area contributed by atoms with Crippen molar-refractivity contribution in [2.75, 3.05) is 6.54 Å². The van der Waals surface area contributed by atoms with E-state index in [4.69, 9.17) is 0 Å². The number of pyridine rings is 1. The summed E-state index contributed by atoms with van der Waals surface area (Å²) < 4.78 is 1.24. The van der Waals surface area contributed by atoms with Crippen LogP contribution in [0.15, 0.2) is 50.7 Å². The molecule has 0 bridgehead atoms. The molecule has 2 aromatic rings. The lowest BCUT2D eigenvalue weighted by atomic mass is 10.2. The first-order valence-corrected chi connectivity index (χ1v) is 8.24. The Kier molecular flexibility index (Phi) is 6.44. The molecular formula is C15H12Br2N4O3. The van der Waals surface area contributed by atoms with E-state index in [1.165, 1.54) is 18.6 Å². The normalized spacial score (nSPS) is 10.6. The lowest BCUT2D eigenvalue weighted by Crippen LogP contribution is -2.34. The standard InChI is InChI=1S/C15H12Br2N4O3/c16-11-5-10(14(23)12(17)6-11)7-20-21-13(22)8-19-15(24)9-1-3-18-4-2-9/h1-7,23H,8H2,(H,19,24)(H,21,22)/b20-7-. The number of phenolic OH excluding ortho intramolecular Hbond substituents is 1. The molecule has 124 valence electrons. The number of hydrogen-bond donors (Lipinski definition) is 3. The summed E-state index contributed by atoms with van der Waals surface area (Å²) >= 11 is 6.49. The molecule has 0 atom stereocenters. The van der Waals surface area contributed by atoms with Crippen LogP contribution >= 0.6 is 31.9 Å². The van der Waals surface area contributed by atoms with Crippen LogP contribution in [0.1, 0.15) is 15.9 Å². The minimum absolute atomic E-state index is 0.00203. The minimum Gasteiger partial charge on any atom is -0.506 e. The smallest absolute Gasteiger partial charge is 0.259 e. The first-order valence-electron chi connectivity index (χ1n) is 6.65. The fourth-order valence-electron chi connectivity index (χ4n) is 1.66. The fourth-order valence-corrected chi connectivity index (χ4v) is 2.92. The molecule has 0 spiro atoms. The van der Waals surface area contributed by atoms with E-state index in [0.717, 1.165) is 4.47 Å². The third-order valence-electron chi connectivity index (χ3n) is 2.80. The Morgan fingerprint density at radius 3 is 2.67 bits per heavy atom. The van der Waals surface area contributed by atoms with Gasteiger partial charge in [-0.25, -0.2) is 5.43 Å². The van der Waals surface area contributed by atoms with Gasteiger partial charge < -0.3 is 10.4 Å². The Morgan fingerprint density at radius 1 is 1.25 bits per heavy atom. The molecule has 1 heterocycles. The first-order chi connectivity index (χ1) is 11.5. The Balaban J connectivity index is 1.86. The summed E-state index contributed by atoms with van der Waals surface area (Å²) in [4.78, 5) is 27.2. The van der Waals surface area contributed by atoms with Gasteiger partial charge in [0.25, 0.3) is 11.8 Å². The largest absolute Gasteiger partial charge is 0.506 e. The number of amides is 2. The number of carbonyl (C=O) groups is 2. The highest BCUT2D eigenvalue weighted by Gasteiger charge is 2.08. The molecule has 0 aliphatic carbocycles. The van der Waals surface area contributed by atoms with Gasteiger partial charge in [0.15, 0.2) is 0 Å². The van der Waals surface area contributed by atoms with Crippen molar-refractivity contribution in [3.05, 3.63) is 56.7 Å². The number of halogens is 2. The number of aromatic nitrogens is 1. The number of carbonyl (C=O) groups excluding carboxylic acids is 2. The maximum atomic E-state index is 11.8. The molecule has 24 heavy (non-hydrogen) atoms. The van der Waals surface area contributed by atoms with Crippen LogP contribution in [-0.2, 0) is 4.79 Å². The molecule has 2 rings (SSSR count). The van der Waals surface area contributed by atoms with Crippen LogP contribution < -0.4 is 10.7 Å². The maximum Gasteiger partial charge on any atom is 0.259 e. The van der Waals surface area contributed by atoms with Crippen molar-refractivity contribution < 1.29 is 14.7 Å². The van der Waals surface area contributed by atoms with Gasteiger partial charge in [0.2, 0.25) is 0 Å². The molecule has 2 amide bonds. The quantitative estimate of drug-likeness (QED) is 0.474. The van der Waals surface area contributed by atoms with Gasteiger partial charge in [-0.3, -0.25) is 14.6 Å². The SMILES string of the molecule is O=C(CNC(=O)c1ccncc1)N/N=C\c1cc(Br)cc(Br)c1O. The van der Waals surface area contributed by atoms with Crippen molar-refractivity contribution in [2.24, 2.45) is 5.10 Å². The van der Waals surface area contributed by atoms with Gasteiger partial charge in [-0.05, 0) is 40.2 Å². The van der Waals surface area contributed by atoms with E-state index in [0.29, 0.717) is 15.6 Å². The number of hydrogen-bond acceptors (Lipinski definition) is 5. The average molecular weight is 456 g/mol. The van der Waals surface area contributed by atoms with Gasteiger partial charge in [0.05, 0.1) is 17.2 Å². The summed E-state index contributed by atoms with van der Waals surface area (Å²) in [5.74, 6) is -0.880. The number of phenols is 1. The molecule has 0 aliphatic rings. The topological polar surface area (TPSA) is 104 Å². The van der Waals surface area contributed by atoms with Crippen LogP contribution in [0, 0.1) is 0 Å². The maximum absolute atomic E-state index is 11.8. The van der Waals surface area contributed by atoms with Crippen LogP contribution in [-0.4, -0.2) is 34.7 Å². The second kappa shape index (κ2) is 8.55. The highest BCUT2D eigenvalue weighted by Crippen LogP contribution is 2.30. The Bertz CT molecular complexity index is 782. The van der Waals surface area contributed by atoms with Crippen LogP contribution in [0.5, 0.6) is 5.75 Å². The predicted octanol–water partition coefficient (Wildman–Crippen LogP) is 2.19. The summed E-state index contributed by atoms with van der Waals surface area (Å²) in [7, 11) is 0. The van der Waals surface area contributed by atoms with Gasteiger partial charge in [-0.2, -0.15) is 5.10 Å². The van der Waals surface area contributed by atoms with E-state index in [1.807, 2.05) is 0 Å². The third-order valence-corrected chi connectivity index (χ3v) is 3.86. The second-order valence-corrected chi connectivity index (χ2v) is 6.31. The molecule has 0 saturated heterocycles. The molecule has 1 aromatic heterocycles. The molecular weight excluding hydrogens is 444 g/mol. The first kappa shape index (κ1) is 18.1. The number of benzene rings is 1. The van der Waals surface area contributed by atoms with Crippen LogP contribution in [0.4, 0.5) is 0 Å². The van der Waals surface area contributed by atoms with E-state index in [1.54, 1.807) is 24.3 Å². The highest BCUT2D eigenvalue weighted by molar-refractivity contribution is 9.11. The number of nitrogens with zero attached hydrogens (tertiary/aromatic N) is 2. The number of hydrazone groups is 1. The molecule has 0 saturated carbocycles. The molecule has 0 radical (unpaired) electrons. The highest BCUT2D eigenvalue weighted by atomic mass is 79.9. The Hall–Kier alpha value is -2.26. The molecule has 7 nitrogen and oxygen atoms in total. The summed E-state index contributed by atoms with van der Waals surface area (Å²) in [5, 5.41) is 16.1. The van der Waals surface area contributed by atoms with Gasteiger partial charge >= 0.3 is 0 Å². The van der Waals surface area contributed by atoms with E-state index < -0.39 is 5.91 Å². The number of nitrogens with one attached hydrogen (secondary N) is 2. The van der Waals surface area contributed by atoms with E-state index in [2.05, 4.69) is 52.7 Å². The lowest BCUT2D eigenvalue weighted by molar-refractivity contribution is -0.120. The molecule has 0 unspecified atom stereocenters. The average Bonchev–Trinajstić information content (AvgIpc) is 2.57. The fraction of sp³-hybridized carbons (Fsp3) is 0.0667. The van der Waals surface area contributed by atoms with Crippen LogP contribution in [0.2, 0.25) is 0 Å². The van der Waals surface area contributed by atoms with Crippen molar-refractivity contribution in [1.29, 1.82) is 0 Å². The Labute approximate surface area is 154 Å². The van der Waals surface area contributed by atoms with E-state index >= 15 is 0 Å². The third kappa shape index (κ3) is 5.14. The lowest BCUT2D eigenvalue weighted by Gasteiger charge is -2.04. The van der Waals surface area contributed by atoms with Gasteiger partial charge in [-0.15, -0.1) is 0 Å². The van der Waals surface area contributed by atoms with Crippen LogP contribution in [0.3, 0.4) is 0 Å². The number of rotatable bonds is 5. The summed E-state index contributed by atoms with van der Waals surface area (Å²) in [6.45, 7) is -0.230. The molecule has 1 aromatic carbocycles. The zero-order valence-corrected chi connectivity index (χ0v) is 15.3. The second-order valence-electron chi connectivity index (χ2n) is 4.54. The van der Waals surface area contributed by atoms with Crippen molar-refractivity contribution in [2.45, 2.75) is 0 Å². The van der Waals surface area contributed by atoms with Gasteiger partial charge in [-0.1, -0.05) is 15.9 Å². The molecule has 3 N–H and O–H groups in total. The summed E-state index contributed by atoms with van der Waals surface area (Å²) in [6.07, 6.45) is 4.27. The predicted molar refractivity (Wildman–Crippen MR) is 95.8 cm³/mol. The van der Waals surface area contributed by atoms with Gasteiger partial charge in [0.1, 0.15) is 5.75 Å². The molecule has 0 fully saturated rings. The van der Waals surface area contributed by atoms with Crippen LogP contribution in [0.25, 0.3) is 0 Å². The summed E-state index contributed by atoms with van der Waals surface area (Å²) in [5.41, 5.74) is 3.09. The van der Waals surface area contributed by atoms with Crippen molar-refractivity contribution in [3.8, 4) is 5.75 Å². The van der Waals surface area contributed by atoms with Crippen molar-refractivity contribution in [1.82, 2.24) is 15.7 Å². The number of aromatic hydroxyl groups is 1. The zero-order chi connectivity index (χ0) is 17.5. The van der Waals surface area contributed by atoms with Crippen molar-refractivity contribution >= 4 is 49.9 Å². The van der Waals surface area contributed by atoms with Crippen molar-refractivity contribution in [3.63, 3.8) is 0 Å². The monoisotopic (exact) mass is 454 g/mol. The summed E-state index contributed by atoms with van der Waals surface area (Å²) in [6, 6.07) is 6.40.